The number of carbonyl (C=O) groups is 4. The predicted octanol–water partition coefficient (Wildman–Crippen LogP) is 19.1. The van der Waals surface area contributed by atoms with E-state index in [0.717, 1.165) is 108 Å². The Morgan fingerprint density at radius 3 is 0.874 bits per heavy atom. The van der Waals surface area contributed by atoms with E-state index in [9.17, 15) is 43.2 Å². The fourth-order valence-corrected chi connectivity index (χ4v) is 11.7. The highest BCUT2D eigenvalue weighted by atomic mass is 31.2. The van der Waals surface area contributed by atoms with Gasteiger partial charge in [0, 0.05) is 25.7 Å². The number of aliphatic hydroxyl groups is 1. The number of ether oxygens (including phenoxy) is 4. The van der Waals surface area contributed by atoms with Gasteiger partial charge >= 0.3 is 39.5 Å². The summed E-state index contributed by atoms with van der Waals surface area (Å²) in [5, 5.41) is 10.6. The second-order valence-electron chi connectivity index (χ2n) is 25.5. The van der Waals surface area contributed by atoms with Crippen LogP contribution < -0.4 is 0 Å². The molecule has 0 aliphatic rings. The minimum absolute atomic E-state index is 0.102. The molecule has 7 atom stereocenters. The molecular formula is C68H132O17P2. The lowest BCUT2D eigenvalue weighted by Gasteiger charge is -2.21. The Labute approximate surface area is 530 Å². The lowest BCUT2D eigenvalue weighted by Crippen LogP contribution is -2.30. The minimum atomic E-state index is -4.95. The zero-order valence-electron chi connectivity index (χ0n) is 56.5. The molecule has 0 aromatic heterocycles. The molecule has 0 heterocycles. The van der Waals surface area contributed by atoms with Crippen LogP contribution in [0.3, 0.4) is 0 Å². The molecule has 0 amide bonds. The summed E-state index contributed by atoms with van der Waals surface area (Å²) in [4.78, 5) is 72.4. The number of esters is 4. The number of hydrogen-bond donors (Lipinski definition) is 3. The van der Waals surface area contributed by atoms with Gasteiger partial charge in [0.1, 0.15) is 19.3 Å². The fourth-order valence-electron chi connectivity index (χ4n) is 10.1. The summed E-state index contributed by atoms with van der Waals surface area (Å²) in [5.74, 6) is 0.0981. The molecule has 17 nitrogen and oxygen atoms in total. The molecule has 0 aliphatic heterocycles. The van der Waals surface area contributed by atoms with Crippen molar-refractivity contribution in [2.75, 3.05) is 39.6 Å². The molecule has 0 aromatic rings. The molecule has 4 unspecified atom stereocenters. The van der Waals surface area contributed by atoms with Gasteiger partial charge in [0.2, 0.25) is 0 Å². The second-order valence-corrected chi connectivity index (χ2v) is 28.4. The van der Waals surface area contributed by atoms with Crippen molar-refractivity contribution in [2.45, 2.75) is 356 Å². The van der Waals surface area contributed by atoms with Crippen molar-refractivity contribution in [1.82, 2.24) is 0 Å². The van der Waals surface area contributed by atoms with E-state index in [0.29, 0.717) is 31.6 Å². The molecule has 19 heteroatoms. The van der Waals surface area contributed by atoms with E-state index in [2.05, 4.69) is 48.5 Å². The Morgan fingerprint density at radius 1 is 0.333 bits per heavy atom. The van der Waals surface area contributed by atoms with E-state index in [1.807, 2.05) is 0 Å². The SMILES string of the molecule is CCCCCCCCCCCCCCCC(=O)OC[C@H](COP(=O)(O)OC[C@@H](O)COP(=O)(O)OC[C@@H](COC(=O)CCCCCCCCC(C)CC)OC(=O)CCCCCCCCCC(C)C)OC(=O)CCCCCCCCCCCCC(C)CC. The standard InChI is InChI=1S/C68H132O17P2/c1-8-11-12-13-14-15-16-17-18-22-27-35-42-49-65(70)78-55-63(84-67(72)51-44-37-28-23-20-19-21-26-33-40-47-60(6)9-2)57-82-86(74,75)80-53-62(69)54-81-87(76,77)83-58-64(85-68(73)52-45-38-29-24-25-32-39-46-59(4)5)56-79-66(71)50-43-36-31-30-34-41-48-61(7)10-3/h59-64,69H,8-58H2,1-7H3,(H,74,75)(H,76,77)/t60?,61?,62-,63-,64-/m1/s1. The van der Waals surface area contributed by atoms with Crippen molar-refractivity contribution in [3.05, 3.63) is 0 Å². The molecule has 0 saturated carbocycles. The number of aliphatic hydroxyl groups excluding tert-OH is 1. The van der Waals surface area contributed by atoms with E-state index in [-0.39, 0.29) is 25.7 Å². The molecule has 0 bridgehead atoms. The number of phosphoric ester groups is 2. The molecule has 0 spiro atoms. The summed E-state index contributed by atoms with van der Waals surface area (Å²) in [6.07, 6.45) is 41.7. The molecule has 0 radical (unpaired) electrons. The van der Waals surface area contributed by atoms with E-state index in [1.54, 1.807) is 0 Å². The van der Waals surface area contributed by atoms with Gasteiger partial charge in [0.25, 0.3) is 0 Å². The predicted molar refractivity (Wildman–Crippen MR) is 349 cm³/mol. The third-order valence-corrected chi connectivity index (χ3v) is 18.3. The Balaban J connectivity index is 5.26. The van der Waals surface area contributed by atoms with E-state index in [4.69, 9.17) is 37.0 Å². The first-order valence-corrected chi connectivity index (χ1v) is 38.4. The molecule has 0 saturated heterocycles. The highest BCUT2D eigenvalue weighted by Crippen LogP contribution is 2.45. The van der Waals surface area contributed by atoms with Gasteiger partial charge in [-0.1, -0.05) is 286 Å². The fraction of sp³-hybridized carbons (Fsp3) is 0.941. The first kappa shape index (κ1) is 85.1. The van der Waals surface area contributed by atoms with Gasteiger partial charge in [0.05, 0.1) is 26.4 Å². The quantitative estimate of drug-likeness (QED) is 0.0222. The maximum Gasteiger partial charge on any atom is 0.472 e. The first-order chi connectivity index (χ1) is 41.8. The van der Waals surface area contributed by atoms with Crippen LogP contribution in [-0.4, -0.2) is 96.7 Å². The lowest BCUT2D eigenvalue weighted by atomic mass is 9.99. The highest BCUT2D eigenvalue weighted by molar-refractivity contribution is 7.47. The van der Waals surface area contributed by atoms with Gasteiger partial charge in [-0.15, -0.1) is 0 Å². The average molecular weight is 1280 g/mol. The number of carbonyl (C=O) groups excluding carboxylic acids is 4. The van der Waals surface area contributed by atoms with Gasteiger partial charge in [-0.05, 0) is 43.4 Å². The van der Waals surface area contributed by atoms with Crippen molar-refractivity contribution in [3.8, 4) is 0 Å². The van der Waals surface area contributed by atoms with Gasteiger partial charge in [0.15, 0.2) is 12.2 Å². The third-order valence-electron chi connectivity index (χ3n) is 16.4. The van der Waals surface area contributed by atoms with Crippen LogP contribution in [0.5, 0.6) is 0 Å². The minimum Gasteiger partial charge on any atom is -0.462 e. The summed E-state index contributed by atoms with van der Waals surface area (Å²) in [6.45, 7) is 11.8. The van der Waals surface area contributed by atoms with E-state index in [1.165, 1.54) is 141 Å². The van der Waals surface area contributed by atoms with Crippen molar-refractivity contribution in [2.24, 2.45) is 17.8 Å². The molecular weight excluding hydrogens is 1150 g/mol. The molecule has 3 N–H and O–H groups in total. The van der Waals surface area contributed by atoms with Gasteiger partial charge in [-0.25, -0.2) is 9.13 Å². The molecule has 87 heavy (non-hydrogen) atoms. The maximum absolute atomic E-state index is 13.0. The van der Waals surface area contributed by atoms with E-state index >= 15 is 0 Å². The molecule has 0 aromatic carbocycles. The van der Waals surface area contributed by atoms with Crippen molar-refractivity contribution in [1.29, 1.82) is 0 Å². The molecule has 516 valence electrons. The Bertz CT molecular complexity index is 1720. The van der Waals surface area contributed by atoms with Crippen molar-refractivity contribution < 1.29 is 80.2 Å². The first-order valence-electron chi connectivity index (χ1n) is 35.4. The maximum atomic E-state index is 13.0. The molecule has 0 fully saturated rings. The van der Waals surface area contributed by atoms with Crippen LogP contribution in [0.2, 0.25) is 0 Å². The van der Waals surface area contributed by atoms with E-state index < -0.39 is 97.5 Å². The largest absolute Gasteiger partial charge is 0.472 e. The smallest absolute Gasteiger partial charge is 0.462 e. The third kappa shape index (κ3) is 60.1. The zero-order valence-corrected chi connectivity index (χ0v) is 58.3. The number of unbranched alkanes of at least 4 members (excludes halogenated alkanes) is 32. The van der Waals surface area contributed by atoms with Crippen molar-refractivity contribution >= 4 is 39.5 Å². The number of rotatable bonds is 66. The Morgan fingerprint density at radius 2 is 0.586 bits per heavy atom. The zero-order chi connectivity index (χ0) is 64.5. The summed E-state index contributed by atoms with van der Waals surface area (Å²) < 4.78 is 68.2. The van der Waals surface area contributed by atoms with Crippen LogP contribution in [0.15, 0.2) is 0 Å². The van der Waals surface area contributed by atoms with Crippen LogP contribution in [0, 0.1) is 17.8 Å². The van der Waals surface area contributed by atoms with Crippen LogP contribution in [0.1, 0.15) is 337 Å². The van der Waals surface area contributed by atoms with Gasteiger partial charge < -0.3 is 33.8 Å². The van der Waals surface area contributed by atoms with Crippen molar-refractivity contribution in [3.63, 3.8) is 0 Å². The topological polar surface area (TPSA) is 237 Å². The number of hydrogen-bond acceptors (Lipinski definition) is 15. The van der Waals surface area contributed by atoms with Gasteiger partial charge in [-0.2, -0.15) is 0 Å². The average Bonchev–Trinajstić information content (AvgIpc) is 3.59. The summed E-state index contributed by atoms with van der Waals surface area (Å²) in [6, 6.07) is 0. The molecule has 0 aliphatic carbocycles. The van der Waals surface area contributed by atoms with Crippen LogP contribution in [0.4, 0.5) is 0 Å². The monoisotopic (exact) mass is 1280 g/mol. The normalized spacial score (nSPS) is 14.9. The Kier molecular flexibility index (Phi) is 57.8. The van der Waals surface area contributed by atoms with Crippen LogP contribution >= 0.6 is 15.6 Å². The highest BCUT2D eigenvalue weighted by Gasteiger charge is 2.30. The van der Waals surface area contributed by atoms with Crippen LogP contribution in [0.25, 0.3) is 0 Å². The van der Waals surface area contributed by atoms with Crippen LogP contribution in [-0.2, 0) is 65.4 Å². The number of phosphoric acid groups is 2. The summed E-state index contributed by atoms with van der Waals surface area (Å²) in [5.41, 5.74) is 0. The summed E-state index contributed by atoms with van der Waals surface area (Å²) >= 11 is 0. The van der Waals surface area contributed by atoms with Gasteiger partial charge in [-0.3, -0.25) is 37.3 Å². The molecule has 0 rings (SSSR count). The summed E-state index contributed by atoms with van der Waals surface area (Å²) in [7, 11) is -9.90. The Hall–Kier alpha value is -1.94. The second kappa shape index (κ2) is 59.1. The lowest BCUT2D eigenvalue weighted by molar-refractivity contribution is -0.161.